The quantitative estimate of drug-likeness (QED) is 0.820. The van der Waals surface area contributed by atoms with E-state index in [0.717, 1.165) is 17.3 Å². The highest BCUT2D eigenvalue weighted by atomic mass is 32.1. The summed E-state index contributed by atoms with van der Waals surface area (Å²) in [5.74, 6) is 1.49. The normalized spacial score (nSPS) is 9.93. The largest absolute Gasteiger partial charge is 0.372 e. The van der Waals surface area contributed by atoms with Crippen LogP contribution in [0.1, 0.15) is 5.69 Å². The monoisotopic (exact) mass is 221 g/mol. The molecule has 0 aliphatic rings. The van der Waals surface area contributed by atoms with E-state index in [0.29, 0.717) is 6.54 Å². The molecule has 0 aliphatic heterocycles. The van der Waals surface area contributed by atoms with E-state index in [1.54, 1.807) is 23.7 Å². The lowest BCUT2D eigenvalue weighted by atomic mass is 10.5. The molecular weight excluding hydrogens is 210 g/mol. The zero-order valence-electron chi connectivity index (χ0n) is 8.27. The van der Waals surface area contributed by atoms with Crippen molar-refractivity contribution in [1.82, 2.24) is 15.0 Å². The van der Waals surface area contributed by atoms with Crippen molar-refractivity contribution in [2.24, 2.45) is 0 Å². The van der Waals surface area contributed by atoms with Crippen molar-refractivity contribution in [1.29, 1.82) is 0 Å². The van der Waals surface area contributed by atoms with Crippen LogP contribution in [0.15, 0.2) is 23.3 Å². The van der Waals surface area contributed by atoms with Gasteiger partial charge in [0.15, 0.2) is 0 Å². The van der Waals surface area contributed by atoms with Gasteiger partial charge in [0, 0.05) is 12.4 Å². The lowest BCUT2D eigenvalue weighted by molar-refractivity contribution is 1.04. The Kier molecular flexibility index (Phi) is 3.08. The maximum Gasteiger partial charge on any atom is 0.147 e. The number of thiazole rings is 1. The highest BCUT2D eigenvalue weighted by molar-refractivity contribution is 7.07. The van der Waals surface area contributed by atoms with Gasteiger partial charge in [-0.05, 0) is 0 Å². The summed E-state index contributed by atoms with van der Waals surface area (Å²) in [5.41, 5.74) is 2.82. The standard InChI is InChI=1S/C9H11N5S/c1-10-8-3-11-4-9(14-8)12-2-7-5-15-6-13-7/h3-6H,2H2,1H3,(H2,10,12,14). The summed E-state index contributed by atoms with van der Waals surface area (Å²) in [4.78, 5) is 12.5. The van der Waals surface area contributed by atoms with Crippen LogP contribution < -0.4 is 10.6 Å². The van der Waals surface area contributed by atoms with Crippen LogP contribution in [0.25, 0.3) is 0 Å². The van der Waals surface area contributed by atoms with Crippen LogP contribution in [0.2, 0.25) is 0 Å². The molecule has 0 bridgehead atoms. The van der Waals surface area contributed by atoms with E-state index in [2.05, 4.69) is 25.6 Å². The molecule has 0 fully saturated rings. The molecule has 0 amide bonds. The molecule has 0 unspecified atom stereocenters. The topological polar surface area (TPSA) is 62.7 Å². The van der Waals surface area contributed by atoms with E-state index in [1.807, 2.05) is 17.9 Å². The number of hydrogen-bond donors (Lipinski definition) is 2. The number of nitrogens with one attached hydrogen (secondary N) is 2. The summed E-state index contributed by atoms with van der Waals surface area (Å²) in [5, 5.41) is 8.09. The molecule has 2 aromatic rings. The first-order valence-corrected chi connectivity index (χ1v) is 5.43. The molecule has 0 aromatic carbocycles. The van der Waals surface area contributed by atoms with E-state index < -0.39 is 0 Å². The van der Waals surface area contributed by atoms with Crippen LogP contribution in [-0.4, -0.2) is 22.0 Å². The molecule has 2 N–H and O–H groups in total. The Bertz CT molecular complexity index is 414. The van der Waals surface area contributed by atoms with Gasteiger partial charge in [-0.25, -0.2) is 9.97 Å². The number of hydrogen-bond acceptors (Lipinski definition) is 6. The fraction of sp³-hybridized carbons (Fsp3) is 0.222. The van der Waals surface area contributed by atoms with Crippen molar-refractivity contribution in [2.75, 3.05) is 17.7 Å². The Morgan fingerprint density at radius 2 is 2.20 bits per heavy atom. The predicted molar refractivity (Wildman–Crippen MR) is 61.0 cm³/mol. The molecule has 2 heterocycles. The molecule has 6 heteroatoms. The summed E-state index contributed by atoms with van der Waals surface area (Å²) in [6.07, 6.45) is 3.36. The van der Waals surface area contributed by atoms with Gasteiger partial charge in [-0.3, -0.25) is 4.98 Å². The van der Waals surface area contributed by atoms with Crippen LogP contribution in [0.5, 0.6) is 0 Å². The van der Waals surface area contributed by atoms with Crippen molar-refractivity contribution >= 4 is 23.0 Å². The van der Waals surface area contributed by atoms with Crippen LogP contribution in [-0.2, 0) is 6.54 Å². The molecule has 0 spiro atoms. The third kappa shape index (κ3) is 2.63. The minimum absolute atomic E-state index is 0.672. The molecule has 2 rings (SSSR count). The van der Waals surface area contributed by atoms with Crippen molar-refractivity contribution < 1.29 is 0 Å². The van der Waals surface area contributed by atoms with Gasteiger partial charge in [-0.1, -0.05) is 0 Å². The van der Waals surface area contributed by atoms with Gasteiger partial charge in [0.1, 0.15) is 11.6 Å². The Balaban J connectivity index is 1.98. The van der Waals surface area contributed by atoms with Crippen LogP contribution in [0, 0.1) is 0 Å². The van der Waals surface area contributed by atoms with Crippen molar-refractivity contribution in [2.45, 2.75) is 6.54 Å². The summed E-state index contributed by atoms with van der Waals surface area (Å²) >= 11 is 1.58. The van der Waals surface area contributed by atoms with E-state index in [1.165, 1.54) is 0 Å². The molecule has 0 radical (unpaired) electrons. The second kappa shape index (κ2) is 4.70. The average molecular weight is 221 g/mol. The first kappa shape index (κ1) is 9.85. The summed E-state index contributed by atoms with van der Waals surface area (Å²) in [7, 11) is 1.81. The van der Waals surface area contributed by atoms with E-state index in [-0.39, 0.29) is 0 Å². The van der Waals surface area contributed by atoms with Crippen LogP contribution in [0.3, 0.4) is 0 Å². The predicted octanol–water partition coefficient (Wildman–Crippen LogP) is 1.59. The van der Waals surface area contributed by atoms with E-state index >= 15 is 0 Å². The van der Waals surface area contributed by atoms with Gasteiger partial charge in [-0.2, -0.15) is 0 Å². The first-order valence-electron chi connectivity index (χ1n) is 4.49. The van der Waals surface area contributed by atoms with Gasteiger partial charge in [-0.15, -0.1) is 11.3 Å². The van der Waals surface area contributed by atoms with Crippen molar-refractivity contribution in [3.8, 4) is 0 Å². The Morgan fingerprint density at radius 3 is 2.93 bits per heavy atom. The molecule has 0 saturated heterocycles. The van der Waals surface area contributed by atoms with Gasteiger partial charge >= 0.3 is 0 Å². The Morgan fingerprint density at radius 1 is 1.33 bits per heavy atom. The molecule has 5 nitrogen and oxygen atoms in total. The number of nitrogens with zero attached hydrogens (tertiary/aromatic N) is 3. The van der Waals surface area contributed by atoms with Gasteiger partial charge in [0.2, 0.25) is 0 Å². The second-order valence-corrected chi connectivity index (χ2v) is 3.59. The Hall–Kier alpha value is -1.69. The maximum absolute atomic E-state index is 4.28. The van der Waals surface area contributed by atoms with Crippen LogP contribution >= 0.6 is 11.3 Å². The molecule has 2 aromatic heterocycles. The second-order valence-electron chi connectivity index (χ2n) is 2.87. The lowest BCUT2D eigenvalue weighted by Crippen LogP contribution is -2.03. The highest BCUT2D eigenvalue weighted by Crippen LogP contribution is 2.08. The molecular formula is C9H11N5S. The first-order chi connectivity index (χ1) is 7.38. The summed E-state index contributed by atoms with van der Waals surface area (Å²) < 4.78 is 0. The number of anilines is 2. The molecule has 0 saturated carbocycles. The average Bonchev–Trinajstić information content (AvgIpc) is 2.79. The summed E-state index contributed by atoms with van der Waals surface area (Å²) in [6.45, 7) is 0.672. The van der Waals surface area contributed by atoms with Crippen molar-refractivity contribution in [3.63, 3.8) is 0 Å². The number of aromatic nitrogens is 3. The fourth-order valence-corrected chi connectivity index (χ4v) is 1.64. The van der Waals surface area contributed by atoms with Gasteiger partial charge in [0.05, 0.1) is 30.1 Å². The van der Waals surface area contributed by atoms with Gasteiger partial charge < -0.3 is 10.6 Å². The summed E-state index contributed by atoms with van der Waals surface area (Å²) in [6, 6.07) is 0. The maximum atomic E-state index is 4.28. The minimum Gasteiger partial charge on any atom is -0.372 e. The third-order valence-electron chi connectivity index (χ3n) is 1.82. The smallest absolute Gasteiger partial charge is 0.147 e. The molecule has 0 atom stereocenters. The van der Waals surface area contributed by atoms with Crippen LogP contribution in [0.4, 0.5) is 11.6 Å². The molecule has 78 valence electrons. The molecule has 0 aliphatic carbocycles. The zero-order chi connectivity index (χ0) is 10.5. The molecule has 15 heavy (non-hydrogen) atoms. The zero-order valence-corrected chi connectivity index (χ0v) is 9.08. The minimum atomic E-state index is 0.672. The van der Waals surface area contributed by atoms with E-state index in [4.69, 9.17) is 0 Å². The van der Waals surface area contributed by atoms with Gasteiger partial charge in [0.25, 0.3) is 0 Å². The highest BCUT2D eigenvalue weighted by Gasteiger charge is 1.98. The third-order valence-corrected chi connectivity index (χ3v) is 2.46. The Labute approximate surface area is 91.6 Å². The van der Waals surface area contributed by atoms with E-state index in [9.17, 15) is 0 Å². The fourth-order valence-electron chi connectivity index (χ4n) is 1.08. The number of rotatable bonds is 4. The SMILES string of the molecule is CNc1cncc(NCc2cscn2)n1. The lowest BCUT2D eigenvalue weighted by Gasteiger charge is -2.04. The van der Waals surface area contributed by atoms with Crippen molar-refractivity contribution in [3.05, 3.63) is 29.0 Å².